The van der Waals surface area contributed by atoms with Crippen LogP contribution in [0.1, 0.15) is 5.56 Å². The first-order valence-corrected chi connectivity index (χ1v) is 9.87. The van der Waals surface area contributed by atoms with Crippen LogP contribution in [0.2, 0.25) is 0 Å². The van der Waals surface area contributed by atoms with Gasteiger partial charge in [-0.2, -0.15) is 8.42 Å². The Kier molecular flexibility index (Phi) is 4.90. The molecule has 0 bridgehead atoms. The summed E-state index contributed by atoms with van der Waals surface area (Å²) in [6.45, 7) is 0. The van der Waals surface area contributed by atoms with Crippen LogP contribution in [0, 0.1) is 0 Å². The Hall–Kier alpha value is -1.84. The van der Waals surface area contributed by atoms with Crippen molar-refractivity contribution in [1.82, 2.24) is 0 Å². The van der Waals surface area contributed by atoms with Crippen molar-refractivity contribution in [1.29, 1.82) is 0 Å². The van der Waals surface area contributed by atoms with E-state index in [0.717, 1.165) is 0 Å². The van der Waals surface area contributed by atoms with Gasteiger partial charge in [0.2, 0.25) is 0 Å². The van der Waals surface area contributed by atoms with Crippen LogP contribution in [0.25, 0.3) is 11.0 Å². The molecule has 0 spiro atoms. The minimum atomic E-state index is -4.06. The summed E-state index contributed by atoms with van der Waals surface area (Å²) in [5.74, 6) is -0.916. The first kappa shape index (κ1) is 18.0. The lowest BCUT2D eigenvalue weighted by atomic mass is 10.1. The molecule has 9 heteroatoms. The van der Waals surface area contributed by atoms with Gasteiger partial charge < -0.3 is 13.7 Å². The first-order chi connectivity index (χ1) is 11.8. The van der Waals surface area contributed by atoms with Gasteiger partial charge in [0.05, 0.1) is 12.7 Å². The summed E-state index contributed by atoms with van der Waals surface area (Å²) in [6, 6.07) is 9.14. The van der Waals surface area contributed by atoms with E-state index in [0.29, 0.717) is 25.5 Å². The maximum atomic E-state index is 12.5. The van der Waals surface area contributed by atoms with Gasteiger partial charge in [-0.25, -0.2) is 0 Å². The molecule has 3 aromatic rings. The molecule has 0 amide bonds. The molecule has 6 nitrogen and oxygen atoms in total. The van der Waals surface area contributed by atoms with Crippen LogP contribution >= 0.6 is 31.9 Å². The van der Waals surface area contributed by atoms with Gasteiger partial charge in [-0.3, -0.25) is 4.79 Å². The third-order valence-electron chi connectivity index (χ3n) is 3.34. The highest BCUT2D eigenvalue weighted by Crippen LogP contribution is 2.31. The van der Waals surface area contributed by atoms with Gasteiger partial charge in [-0.05, 0) is 46.3 Å². The summed E-state index contributed by atoms with van der Waals surface area (Å²) in [4.78, 5) is 10.8. The third kappa shape index (κ3) is 3.88. The zero-order chi connectivity index (χ0) is 18.2. The highest BCUT2D eigenvalue weighted by molar-refractivity contribution is 9.11. The van der Waals surface area contributed by atoms with Gasteiger partial charge in [0.1, 0.15) is 16.2 Å². The number of halogens is 2. The molecule has 0 fully saturated rings. The molecule has 0 aliphatic carbocycles. The quantitative estimate of drug-likeness (QED) is 0.535. The molecule has 1 heterocycles. The number of fused-ring (bicyclic) bond motifs is 1. The largest absolute Gasteiger partial charge is 0.481 e. The number of carboxylic acid groups (broad SMARTS) is 1. The molecule has 0 radical (unpaired) electrons. The average molecular weight is 490 g/mol. The summed E-state index contributed by atoms with van der Waals surface area (Å²) >= 11 is 6.42. The number of hydrogen-bond donors (Lipinski definition) is 1. The van der Waals surface area contributed by atoms with E-state index in [1.807, 2.05) is 0 Å². The molecule has 3 rings (SSSR count). The monoisotopic (exact) mass is 488 g/mol. The molecule has 0 aliphatic rings. The van der Waals surface area contributed by atoms with E-state index in [2.05, 4.69) is 31.9 Å². The van der Waals surface area contributed by atoms with E-state index in [1.54, 1.807) is 18.2 Å². The topological polar surface area (TPSA) is 93.8 Å². The van der Waals surface area contributed by atoms with Crippen LogP contribution in [0.3, 0.4) is 0 Å². The molecule has 2 aromatic carbocycles. The Balaban J connectivity index is 1.95. The predicted molar refractivity (Wildman–Crippen MR) is 97.2 cm³/mol. The summed E-state index contributed by atoms with van der Waals surface area (Å²) < 4.78 is 36.4. The maximum absolute atomic E-state index is 12.5. The van der Waals surface area contributed by atoms with Crippen molar-refractivity contribution in [2.24, 2.45) is 0 Å². The maximum Gasteiger partial charge on any atom is 0.340 e. The molecule has 0 saturated carbocycles. The van der Waals surface area contributed by atoms with Crippen molar-refractivity contribution in [3.63, 3.8) is 0 Å². The number of hydrogen-bond acceptors (Lipinski definition) is 5. The number of carboxylic acids is 1. The molecular formula is C16H10Br2O6S. The van der Waals surface area contributed by atoms with Crippen LogP contribution in [-0.2, 0) is 21.3 Å². The number of aliphatic carboxylic acids is 1. The molecule has 25 heavy (non-hydrogen) atoms. The lowest BCUT2D eigenvalue weighted by Crippen LogP contribution is -2.10. The van der Waals surface area contributed by atoms with Crippen molar-refractivity contribution >= 4 is 58.9 Å². The lowest BCUT2D eigenvalue weighted by Gasteiger charge is -2.09. The zero-order valence-electron chi connectivity index (χ0n) is 12.4. The van der Waals surface area contributed by atoms with Crippen molar-refractivity contribution in [3.05, 3.63) is 57.2 Å². The summed E-state index contributed by atoms with van der Waals surface area (Å²) in [5, 5.41) is 9.47. The Morgan fingerprint density at radius 2 is 1.92 bits per heavy atom. The number of rotatable bonds is 5. The SMILES string of the molecule is O=C(O)Cc1coc2cc(OS(=O)(=O)c3cc(Br)ccc3Br)ccc12. The molecular weight excluding hydrogens is 480 g/mol. The van der Waals surface area contributed by atoms with Crippen molar-refractivity contribution in [3.8, 4) is 5.75 Å². The van der Waals surface area contributed by atoms with E-state index in [9.17, 15) is 13.2 Å². The standard InChI is InChI=1S/C16H10Br2O6S/c17-10-1-4-13(18)15(6-10)25(21,22)24-11-2-3-12-9(5-16(19)20)8-23-14(12)7-11/h1-4,6-8H,5H2,(H,19,20). The van der Waals surface area contributed by atoms with Gasteiger partial charge in [0, 0.05) is 26.0 Å². The average Bonchev–Trinajstić information content (AvgIpc) is 2.91. The zero-order valence-corrected chi connectivity index (χ0v) is 16.4. The molecule has 1 aromatic heterocycles. The van der Waals surface area contributed by atoms with E-state index < -0.39 is 16.1 Å². The van der Waals surface area contributed by atoms with Crippen molar-refractivity contribution in [2.75, 3.05) is 0 Å². The molecule has 0 atom stereocenters. The van der Waals surface area contributed by atoms with Crippen LogP contribution in [-0.4, -0.2) is 19.5 Å². The second-order valence-corrected chi connectivity index (χ2v) is 8.39. The van der Waals surface area contributed by atoms with Gasteiger partial charge >= 0.3 is 16.1 Å². The molecule has 130 valence electrons. The second kappa shape index (κ2) is 6.81. The molecule has 0 unspecified atom stereocenters. The highest BCUT2D eigenvalue weighted by atomic mass is 79.9. The fourth-order valence-electron chi connectivity index (χ4n) is 2.26. The lowest BCUT2D eigenvalue weighted by molar-refractivity contribution is -0.136. The fourth-order valence-corrected chi connectivity index (χ4v) is 4.63. The van der Waals surface area contributed by atoms with Crippen molar-refractivity contribution < 1.29 is 26.9 Å². The fraction of sp³-hybridized carbons (Fsp3) is 0.0625. The number of carbonyl (C=O) groups is 1. The van der Waals surface area contributed by atoms with Gasteiger partial charge in [0.15, 0.2) is 0 Å². The van der Waals surface area contributed by atoms with Crippen LogP contribution in [0.4, 0.5) is 0 Å². The van der Waals surface area contributed by atoms with Crippen LogP contribution < -0.4 is 4.18 Å². The first-order valence-electron chi connectivity index (χ1n) is 6.88. The molecule has 0 aliphatic heterocycles. The second-order valence-electron chi connectivity index (χ2n) is 5.10. The Morgan fingerprint density at radius 3 is 2.64 bits per heavy atom. The number of furan rings is 1. The Bertz CT molecular complexity index is 1070. The van der Waals surface area contributed by atoms with Gasteiger partial charge in [-0.15, -0.1) is 0 Å². The van der Waals surface area contributed by atoms with Crippen molar-refractivity contribution in [2.45, 2.75) is 11.3 Å². The normalized spacial score (nSPS) is 11.6. The minimum absolute atomic E-state index is 0.0204. The van der Waals surface area contributed by atoms with Crippen LogP contribution in [0.15, 0.2) is 60.9 Å². The van der Waals surface area contributed by atoms with E-state index in [1.165, 1.54) is 24.5 Å². The van der Waals surface area contributed by atoms with Gasteiger partial charge in [0.25, 0.3) is 0 Å². The summed E-state index contributed by atoms with van der Waals surface area (Å²) in [7, 11) is -4.06. The predicted octanol–water partition coefficient (Wildman–Crippen LogP) is 4.35. The van der Waals surface area contributed by atoms with Crippen LogP contribution in [0.5, 0.6) is 5.75 Å². The summed E-state index contributed by atoms with van der Waals surface area (Å²) in [6.07, 6.45) is 1.15. The Morgan fingerprint density at radius 1 is 1.16 bits per heavy atom. The highest BCUT2D eigenvalue weighted by Gasteiger charge is 2.21. The summed E-state index contributed by atoms with van der Waals surface area (Å²) in [5.41, 5.74) is 0.851. The molecule has 0 saturated heterocycles. The van der Waals surface area contributed by atoms with E-state index in [4.69, 9.17) is 13.7 Å². The smallest absolute Gasteiger partial charge is 0.340 e. The third-order valence-corrected chi connectivity index (χ3v) is 6.07. The molecule has 1 N–H and O–H groups in total. The van der Waals surface area contributed by atoms with E-state index in [-0.39, 0.29) is 17.1 Å². The van der Waals surface area contributed by atoms with E-state index >= 15 is 0 Å². The minimum Gasteiger partial charge on any atom is -0.481 e. The Labute approximate surface area is 159 Å². The number of benzene rings is 2. The van der Waals surface area contributed by atoms with Gasteiger partial charge in [-0.1, -0.05) is 15.9 Å².